The second-order valence-electron chi connectivity index (χ2n) is 17.7. The number of benzene rings is 10. The van der Waals surface area contributed by atoms with E-state index in [2.05, 4.69) is 181 Å². The molecule has 0 radical (unpaired) electrons. The van der Waals surface area contributed by atoms with Gasteiger partial charge in [-0.3, -0.25) is 10.4 Å². The van der Waals surface area contributed by atoms with Gasteiger partial charge in [0.1, 0.15) is 34.3 Å². The molecule has 1 atom stereocenters. The van der Waals surface area contributed by atoms with Crippen molar-refractivity contribution in [2.45, 2.75) is 19.5 Å². The van der Waals surface area contributed by atoms with Gasteiger partial charge in [0.25, 0.3) is 0 Å². The van der Waals surface area contributed by atoms with Crippen LogP contribution < -0.4 is 5.32 Å². The molecule has 0 amide bonds. The van der Waals surface area contributed by atoms with Crippen molar-refractivity contribution < 1.29 is 8.83 Å². The number of thiophene rings is 1. The van der Waals surface area contributed by atoms with Crippen LogP contribution in [-0.4, -0.2) is 16.1 Å². The van der Waals surface area contributed by atoms with E-state index < -0.39 is 6.17 Å². The highest BCUT2D eigenvalue weighted by Crippen LogP contribution is 2.45. The highest BCUT2D eigenvalue weighted by atomic mass is 32.1. The van der Waals surface area contributed by atoms with Gasteiger partial charge in [0.05, 0.1) is 27.7 Å². The zero-order chi connectivity index (χ0) is 45.0. The SMILES string of the molecule is CCC(=NC(NC(=N)c1c2ccccc2c(-n2c3ccccc3c3cc4ccccc4cc32)c2c1oc1ccccc12)c1ccc2c(c1)oc1ccccc12)c1ccc2c(c1)sc1ccccc12. The first-order chi connectivity index (χ1) is 33.6. The fourth-order valence-electron chi connectivity index (χ4n) is 10.7. The first-order valence-electron chi connectivity index (χ1n) is 23.1. The Bertz CT molecular complexity index is 4450. The van der Waals surface area contributed by atoms with Gasteiger partial charge in [-0.25, -0.2) is 0 Å². The smallest absolute Gasteiger partial charge is 0.149 e. The number of rotatable bonds is 7. The lowest BCUT2D eigenvalue weighted by Crippen LogP contribution is -2.29. The zero-order valence-corrected chi connectivity index (χ0v) is 37.7. The molecule has 10 aromatic carbocycles. The first-order valence-corrected chi connectivity index (χ1v) is 23.9. The normalized spacial score (nSPS) is 12.9. The number of fused-ring (bicyclic) bond motifs is 14. The predicted octanol–water partition coefficient (Wildman–Crippen LogP) is 16.8. The second kappa shape index (κ2) is 15.0. The lowest BCUT2D eigenvalue weighted by molar-refractivity contribution is 0.654. The van der Waals surface area contributed by atoms with Crippen LogP contribution in [0.5, 0.6) is 0 Å². The molecule has 1 unspecified atom stereocenters. The summed E-state index contributed by atoms with van der Waals surface area (Å²) in [4.78, 5) is 5.57. The molecule has 4 heterocycles. The first kappa shape index (κ1) is 38.7. The standard InChI is InChI=1S/C61H40N4O2S/c1-2-48(37-27-30-43-42-19-10-14-26-54(42)68-55(43)34-37)63-61(38-28-29-41-40-18-8-12-24-51(40)66-53(41)33-38)64-60(62)57-44-20-5-6-21-45(44)58(56-46-22-9-13-25-52(46)67-59(56)57)65-49-23-11-7-17-39(49)47-31-35-15-3-4-16-36(35)32-50(47)65/h3-34,61H,2H2,1H3,(H2,62,64). The number of hydrogen-bond donors (Lipinski definition) is 2. The molecule has 0 aliphatic heterocycles. The van der Waals surface area contributed by atoms with Crippen molar-refractivity contribution in [1.82, 2.24) is 9.88 Å². The predicted molar refractivity (Wildman–Crippen MR) is 286 cm³/mol. The van der Waals surface area contributed by atoms with Crippen molar-refractivity contribution in [3.05, 3.63) is 211 Å². The van der Waals surface area contributed by atoms with Crippen LogP contribution in [0.1, 0.15) is 36.2 Å². The van der Waals surface area contributed by atoms with E-state index in [1.54, 1.807) is 11.3 Å². The van der Waals surface area contributed by atoms with Gasteiger partial charge in [0.15, 0.2) is 0 Å². The van der Waals surface area contributed by atoms with Crippen molar-refractivity contribution in [3.8, 4) is 5.69 Å². The third kappa shape index (κ3) is 5.82. The molecule has 0 saturated carbocycles. The van der Waals surface area contributed by atoms with Gasteiger partial charge in [-0.15, -0.1) is 11.3 Å². The van der Waals surface area contributed by atoms with E-state index in [9.17, 15) is 5.41 Å². The molecule has 0 fully saturated rings. The average Bonchev–Trinajstić information content (AvgIpc) is 4.14. The molecule has 2 N–H and O–H groups in total. The summed E-state index contributed by atoms with van der Waals surface area (Å²) in [5.74, 6) is 0.207. The van der Waals surface area contributed by atoms with Gasteiger partial charge < -0.3 is 18.7 Å². The Morgan fingerprint density at radius 2 is 1.18 bits per heavy atom. The molecule has 14 aromatic rings. The maximum Gasteiger partial charge on any atom is 0.149 e. The Morgan fingerprint density at radius 3 is 2.00 bits per heavy atom. The summed E-state index contributed by atoms with van der Waals surface area (Å²) in [6.45, 7) is 2.15. The molecule has 6 nitrogen and oxygen atoms in total. The molecule has 0 aliphatic carbocycles. The Kier molecular flexibility index (Phi) is 8.54. The fraction of sp³-hybridized carbons (Fsp3) is 0.0492. The third-order valence-electron chi connectivity index (χ3n) is 13.9. The number of hydrogen-bond acceptors (Lipinski definition) is 5. The quantitative estimate of drug-likeness (QED) is 0.124. The van der Waals surface area contributed by atoms with Crippen molar-refractivity contribution >= 4 is 130 Å². The second-order valence-corrected chi connectivity index (χ2v) is 18.7. The fourth-order valence-corrected chi connectivity index (χ4v) is 11.9. The number of nitrogens with zero attached hydrogens (tertiary/aromatic N) is 2. The zero-order valence-electron chi connectivity index (χ0n) is 36.9. The van der Waals surface area contributed by atoms with Crippen LogP contribution in [0.4, 0.5) is 0 Å². The largest absolute Gasteiger partial charge is 0.456 e. The molecule has 4 aromatic heterocycles. The average molecular weight is 893 g/mol. The lowest BCUT2D eigenvalue weighted by Gasteiger charge is -2.21. The van der Waals surface area contributed by atoms with Crippen LogP contribution in [0, 0.1) is 5.41 Å². The highest BCUT2D eigenvalue weighted by Gasteiger charge is 2.27. The molecule has 68 heavy (non-hydrogen) atoms. The van der Waals surface area contributed by atoms with Crippen molar-refractivity contribution in [3.63, 3.8) is 0 Å². The van der Waals surface area contributed by atoms with Crippen LogP contribution in [-0.2, 0) is 0 Å². The van der Waals surface area contributed by atoms with E-state index in [0.717, 1.165) is 82.6 Å². The van der Waals surface area contributed by atoms with E-state index >= 15 is 0 Å². The Hall–Kier alpha value is -8.52. The Morgan fingerprint density at radius 1 is 0.544 bits per heavy atom. The van der Waals surface area contributed by atoms with Gasteiger partial charge in [0, 0.05) is 63.8 Å². The minimum Gasteiger partial charge on any atom is -0.456 e. The van der Waals surface area contributed by atoms with Crippen LogP contribution >= 0.6 is 11.3 Å². The van der Waals surface area contributed by atoms with Gasteiger partial charge >= 0.3 is 0 Å². The van der Waals surface area contributed by atoms with Crippen molar-refractivity contribution in [1.29, 1.82) is 5.41 Å². The van der Waals surface area contributed by atoms with Gasteiger partial charge in [-0.1, -0.05) is 153 Å². The topological polar surface area (TPSA) is 79.5 Å². The van der Waals surface area contributed by atoms with Crippen LogP contribution in [0.25, 0.3) is 113 Å². The van der Waals surface area contributed by atoms with E-state index in [1.165, 1.54) is 41.7 Å². The number of furan rings is 2. The summed E-state index contributed by atoms with van der Waals surface area (Å²) in [5.41, 5.74) is 9.80. The van der Waals surface area contributed by atoms with Gasteiger partial charge in [0.2, 0.25) is 0 Å². The van der Waals surface area contributed by atoms with E-state index in [4.69, 9.17) is 13.8 Å². The minimum atomic E-state index is -0.656. The van der Waals surface area contributed by atoms with Crippen LogP contribution in [0.2, 0.25) is 0 Å². The summed E-state index contributed by atoms with van der Waals surface area (Å²) in [5, 5.41) is 27.2. The maximum atomic E-state index is 10.3. The van der Waals surface area contributed by atoms with Crippen molar-refractivity contribution in [2.75, 3.05) is 0 Å². The number of para-hydroxylation sites is 3. The monoisotopic (exact) mass is 892 g/mol. The summed E-state index contributed by atoms with van der Waals surface area (Å²) in [7, 11) is 0. The Balaban J connectivity index is 0.993. The number of aromatic nitrogens is 1. The molecule has 0 aliphatic rings. The molecule has 0 saturated heterocycles. The number of nitrogens with one attached hydrogen (secondary N) is 2. The van der Waals surface area contributed by atoms with Crippen LogP contribution in [0.3, 0.4) is 0 Å². The molecule has 7 heteroatoms. The highest BCUT2D eigenvalue weighted by molar-refractivity contribution is 7.25. The Labute approximate surface area is 393 Å². The summed E-state index contributed by atoms with van der Waals surface area (Å²) in [6.07, 6.45) is 0.0329. The number of amidine groups is 1. The van der Waals surface area contributed by atoms with Crippen LogP contribution in [0.15, 0.2) is 208 Å². The van der Waals surface area contributed by atoms with Crippen molar-refractivity contribution in [2.24, 2.45) is 4.99 Å². The molecule has 14 rings (SSSR count). The number of aliphatic imine (C=N–C) groups is 1. The van der Waals surface area contributed by atoms with E-state index in [0.29, 0.717) is 17.6 Å². The van der Waals surface area contributed by atoms with Gasteiger partial charge in [-0.2, -0.15) is 0 Å². The summed E-state index contributed by atoms with van der Waals surface area (Å²) >= 11 is 1.81. The molecule has 322 valence electrons. The minimum absolute atomic E-state index is 0.207. The molecular formula is C61H40N4O2S. The molecule has 0 bridgehead atoms. The summed E-state index contributed by atoms with van der Waals surface area (Å²) < 4.78 is 18.4. The van der Waals surface area contributed by atoms with Gasteiger partial charge in [-0.05, 0) is 76.7 Å². The molecular weight excluding hydrogens is 853 g/mol. The maximum absolute atomic E-state index is 10.3. The summed E-state index contributed by atoms with van der Waals surface area (Å²) in [6, 6.07) is 68.3. The lowest BCUT2D eigenvalue weighted by atomic mass is 9.96. The third-order valence-corrected chi connectivity index (χ3v) is 15.0. The van der Waals surface area contributed by atoms with E-state index in [1.807, 2.05) is 30.3 Å². The molecule has 0 spiro atoms. The van der Waals surface area contributed by atoms with E-state index in [-0.39, 0.29) is 5.84 Å².